The molecule has 1 saturated heterocycles. The Morgan fingerprint density at radius 2 is 1.89 bits per heavy atom. The summed E-state index contributed by atoms with van der Waals surface area (Å²) in [5.74, 6) is 0.460. The Balaban J connectivity index is 1.76. The summed E-state index contributed by atoms with van der Waals surface area (Å²) in [5, 5.41) is 2.94. The molecule has 0 bridgehead atoms. The summed E-state index contributed by atoms with van der Waals surface area (Å²) in [4.78, 5) is 27.3. The molecule has 1 aliphatic rings. The number of nitrogens with zero attached hydrogens (tertiary/aromatic N) is 1. The van der Waals surface area contributed by atoms with Crippen molar-refractivity contribution in [1.29, 1.82) is 0 Å². The van der Waals surface area contributed by atoms with E-state index in [9.17, 15) is 9.59 Å². The van der Waals surface area contributed by atoms with Gasteiger partial charge in [0.25, 0.3) is 0 Å². The Labute approximate surface area is 166 Å². The molecule has 0 saturated carbocycles. The highest BCUT2D eigenvalue weighted by Gasteiger charge is 2.36. The first kappa shape index (κ1) is 19.9. The maximum atomic E-state index is 12.8. The second-order valence-electron chi connectivity index (χ2n) is 7.19. The van der Waals surface area contributed by atoms with E-state index in [1.54, 1.807) is 4.90 Å². The van der Waals surface area contributed by atoms with Crippen molar-refractivity contribution in [2.24, 2.45) is 5.92 Å². The number of carbonyl (C=O) groups is 2. The number of ether oxygens (including phenoxy) is 1. The summed E-state index contributed by atoms with van der Waals surface area (Å²) in [6.45, 7) is 7.12. The number of carbonyl (C=O) groups excluding carboxylic acids is 2. The molecule has 2 aromatic carbocycles. The van der Waals surface area contributed by atoms with Gasteiger partial charge >= 0.3 is 0 Å². The zero-order valence-electron chi connectivity index (χ0n) is 16.8. The second-order valence-corrected chi connectivity index (χ2v) is 7.19. The van der Waals surface area contributed by atoms with Crippen LogP contribution < -0.4 is 15.0 Å². The molecule has 0 unspecified atom stereocenters. The van der Waals surface area contributed by atoms with Crippen LogP contribution in [0.15, 0.2) is 48.5 Å². The van der Waals surface area contributed by atoms with Crippen LogP contribution in [0.3, 0.4) is 0 Å². The van der Waals surface area contributed by atoms with Gasteiger partial charge < -0.3 is 15.0 Å². The van der Waals surface area contributed by atoms with Crippen LogP contribution in [-0.2, 0) is 9.59 Å². The summed E-state index contributed by atoms with van der Waals surface area (Å²) in [6, 6.07) is 15.4. The van der Waals surface area contributed by atoms with Crippen molar-refractivity contribution in [1.82, 2.24) is 0 Å². The molecule has 0 radical (unpaired) electrons. The standard InChI is InChI=1S/C23H28N2O3/c1-4-16(3)18-10-6-8-12-20(18)25-15-17(14-22(25)26)23(27)24-19-11-7-9-13-21(19)28-5-2/h6-13,16-17H,4-5,14-15H2,1-3H3,(H,24,27)/t16-,17+/m0/s1. The van der Waals surface area contributed by atoms with Gasteiger partial charge in [0, 0.05) is 18.7 Å². The fraction of sp³-hybridized carbons (Fsp3) is 0.391. The monoisotopic (exact) mass is 380 g/mol. The number of anilines is 2. The van der Waals surface area contributed by atoms with E-state index in [-0.39, 0.29) is 24.2 Å². The Kier molecular flexibility index (Phi) is 6.34. The lowest BCUT2D eigenvalue weighted by Gasteiger charge is -2.23. The molecule has 5 heteroatoms. The molecule has 1 heterocycles. The third kappa shape index (κ3) is 4.19. The highest BCUT2D eigenvalue weighted by molar-refractivity contribution is 6.04. The first-order chi connectivity index (χ1) is 13.5. The predicted molar refractivity (Wildman–Crippen MR) is 112 cm³/mol. The van der Waals surface area contributed by atoms with Crippen LogP contribution in [0.1, 0.15) is 45.1 Å². The summed E-state index contributed by atoms with van der Waals surface area (Å²) < 4.78 is 5.57. The maximum absolute atomic E-state index is 12.8. The molecule has 148 valence electrons. The van der Waals surface area contributed by atoms with E-state index < -0.39 is 0 Å². The summed E-state index contributed by atoms with van der Waals surface area (Å²) in [7, 11) is 0. The molecule has 28 heavy (non-hydrogen) atoms. The van der Waals surface area contributed by atoms with Crippen LogP contribution in [0.2, 0.25) is 0 Å². The zero-order valence-corrected chi connectivity index (χ0v) is 16.8. The third-order valence-electron chi connectivity index (χ3n) is 5.31. The normalized spacial score (nSPS) is 17.5. The summed E-state index contributed by atoms with van der Waals surface area (Å²) >= 11 is 0. The van der Waals surface area contributed by atoms with Crippen molar-refractivity contribution in [3.8, 4) is 5.75 Å². The average molecular weight is 380 g/mol. The van der Waals surface area contributed by atoms with Crippen molar-refractivity contribution >= 4 is 23.2 Å². The predicted octanol–water partition coefficient (Wildman–Crippen LogP) is 4.59. The number of para-hydroxylation sites is 3. The molecule has 1 fully saturated rings. The van der Waals surface area contributed by atoms with Crippen LogP contribution in [-0.4, -0.2) is 25.0 Å². The second kappa shape index (κ2) is 8.91. The molecular weight excluding hydrogens is 352 g/mol. The molecule has 1 N–H and O–H groups in total. The van der Waals surface area contributed by atoms with Gasteiger partial charge in [-0.15, -0.1) is 0 Å². The Hall–Kier alpha value is -2.82. The number of hydrogen-bond acceptors (Lipinski definition) is 3. The fourth-order valence-corrected chi connectivity index (χ4v) is 3.57. The van der Waals surface area contributed by atoms with E-state index in [0.717, 1.165) is 17.7 Å². The maximum Gasteiger partial charge on any atom is 0.229 e. The van der Waals surface area contributed by atoms with Gasteiger partial charge in [-0.25, -0.2) is 0 Å². The van der Waals surface area contributed by atoms with Crippen molar-refractivity contribution in [2.75, 3.05) is 23.4 Å². The topological polar surface area (TPSA) is 58.6 Å². The van der Waals surface area contributed by atoms with Crippen LogP contribution in [0, 0.1) is 5.92 Å². The number of hydrogen-bond donors (Lipinski definition) is 1. The number of benzene rings is 2. The third-order valence-corrected chi connectivity index (χ3v) is 5.31. The van der Waals surface area contributed by atoms with Crippen LogP contribution >= 0.6 is 0 Å². The minimum atomic E-state index is -0.382. The van der Waals surface area contributed by atoms with E-state index in [1.165, 1.54) is 0 Å². The number of rotatable bonds is 7. The summed E-state index contributed by atoms with van der Waals surface area (Å²) in [6.07, 6.45) is 1.22. The molecule has 0 aromatic heterocycles. The molecular formula is C23H28N2O3. The molecule has 1 aliphatic heterocycles. The van der Waals surface area contributed by atoms with Crippen LogP contribution in [0.5, 0.6) is 5.75 Å². The first-order valence-corrected chi connectivity index (χ1v) is 9.97. The molecule has 0 spiro atoms. The summed E-state index contributed by atoms with van der Waals surface area (Å²) in [5.41, 5.74) is 2.72. The van der Waals surface area contributed by atoms with Crippen molar-refractivity contribution in [3.63, 3.8) is 0 Å². The van der Waals surface area contributed by atoms with E-state index in [2.05, 4.69) is 25.2 Å². The van der Waals surface area contributed by atoms with Crippen molar-refractivity contribution in [3.05, 3.63) is 54.1 Å². The van der Waals surface area contributed by atoms with Gasteiger partial charge in [0.15, 0.2) is 0 Å². The lowest BCUT2D eigenvalue weighted by atomic mass is 9.96. The molecule has 5 nitrogen and oxygen atoms in total. The van der Waals surface area contributed by atoms with Crippen LogP contribution in [0.4, 0.5) is 11.4 Å². The smallest absolute Gasteiger partial charge is 0.229 e. The quantitative estimate of drug-likeness (QED) is 0.764. The van der Waals surface area contributed by atoms with Gasteiger partial charge in [-0.2, -0.15) is 0 Å². The Bertz CT molecular complexity index is 849. The molecule has 2 amide bonds. The highest BCUT2D eigenvalue weighted by Crippen LogP contribution is 2.34. The van der Waals surface area contributed by atoms with Crippen molar-refractivity contribution < 1.29 is 14.3 Å². The van der Waals surface area contributed by atoms with E-state index in [0.29, 0.717) is 30.5 Å². The van der Waals surface area contributed by atoms with Crippen molar-refractivity contribution in [2.45, 2.75) is 39.5 Å². The van der Waals surface area contributed by atoms with Gasteiger partial charge in [0.1, 0.15) is 5.75 Å². The zero-order chi connectivity index (χ0) is 20.1. The average Bonchev–Trinajstić information content (AvgIpc) is 3.10. The number of nitrogens with one attached hydrogen (secondary N) is 1. The lowest BCUT2D eigenvalue weighted by molar-refractivity contribution is -0.122. The Morgan fingerprint density at radius 3 is 2.64 bits per heavy atom. The van der Waals surface area contributed by atoms with E-state index in [4.69, 9.17) is 4.74 Å². The highest BCUT2D eigenvalue weighted by atomic mass is 16.5. The van der Waals surface area contributed by atoms with Crippen LogP contribution in [0.25, 0.3) is 0 Å². The molecule has 2 aromatic rings. The van der Waals surface area contributed by atoms with Gasteiger partial charge in [-0.1, -0.05) is 44.2 Å². The fourth-order valence-electron chi connectivity index (χ4n) is 3.57. The van der Waals surface area contributed by atoms with Gasteiger partial charge in [-0.3, -0.25) is 9.59 Å². The van der Waals surface area contributed by atoms with Gasteiger partial charge in [0.2, 0.25) is 11.8 Å². The van der Waals surface area contributed by atoms with E-state index >= 15 is 0 Å². The molecule has 3 rings (SSSR count). The minimum absolute atomic E-state index is 0.00556. The van der Waals surface area contributed by atoms with Gasteiger partial charge in [0.05, 0.1) is 18.2 Å². The van der Waals surface area contributed by atoms with E-state index in [1.807, 2.05) is 49.4 Å². The lowest BCUT2D eigenvalue weighted by Crippen LogP contribution is -2.29. The molecule has 2 atom stereocenters. The minimum Gasteiger partial charge on any atom is -0.492 e. The SMILES string of the molecule is CCOc1ccccc1NC(=O)[C@@H]1CC(=O)N(c2ccccc2[C@@H](C)CC)C1. The number of amides is 2. The first-order valence-electron chi connectivity index (χ1n) is 9.97. The van der Waals surface area contributed by atoms with Gasteiger partial charge in [-0.05, 0) is 43.0 Å². The Morgan fingerprint density at radius 1 is 1.18 bits per heavy atom. The largest absolute Gasteiger partial charge is 0.492 e. The molecule has 0 aliphatic carbocycles.